The highest BCUT2D eigenvalue weighted by Crippen LogP contribution is 2.44. The Kier molecular flexibility index (Phi) is 8.54. The highest BCUT2D eigenvalue weighted by Gasteiger charge is 2.29. The van der Waals surface area contributed by atoms with Gasteiger partial charge in [-0.05, 0) is 60.7 Å². The predicted octanol–water partition coefficient (Wildman–Crippen LogP) is 4.90. The van der Waals surface area contributed by atoms with E-state index in [2.05, 4.69) is 22.8 Å². The molecule has 2 amide bonds. The van der Waals surface area contributed by atoms with Gasteiger partial charge in [-0.15, -0.1) is 0 Å². The van der Waals surface area contributed by atoms with E-state index in [1.807, 2.05) is 57.2 Å². The number of amides is 2. The number of carboxylic acid groups (broad SMARTS) is 1. The maximum absolute atomic E-state index is 12.4. The van der Waals surface area contributed by atoms with Gasteiger partial charge in [-0.1, -0.05) is 60.7 Å². The second-order valence-corrected chi connectivity index (χ2v) is 10.5. The van der Waals surface area contributed by atoms with Gasteiger partial charge in [-0.2, -0.15) is 0 Å². The largest absolute Gasteiger partial charge is 0.488 e. The molecule has 1 atom stereocenters. The van der Waals surface area contributed by atoms with Crippen molar-refractivity contribution in [3.63, 3.8) is 0 Å². The molecule has 0 aromatic heterocycles. The molecule has 0 saturated carbocycles. The molecule has 0 aliphatic heterocycles. The zero-order valence-corrected chi connectivity index (χ0v) is 22.4. The van der Waals surface area contributed by atoms with Crippen LogP contribution in [-0.4, -0.2) is 47.9 Å². The SMILES string of the molecule is CC(C)(C)Oc1ccc(C[C@H](NC(=O)CCNC(=O)OCC2c3ccccc3-c3ccccc32)C(=O)O)cc1. The summed E-state index contributed by atoms with van der Waals surface area (Å²) in [5, 5.41) is 14.7. The number of rotatable bonds is 10. The lowest BCUT2D eigenvalue weighted by atomic mass is 9.98. The Labute approximate surface area is 228 Å². The fourth-order valence-corrected chi connectivity index (χ4v) is 4.68. The quantitative estimate of drug-likeness (QED) is 0.343. The summed E-state index contributed by atoms with van der Waals surface area (Å²) in [5.41, 5.74) is 4.92. The Bertz CT molecular complexity index is 1280. The number of ether oxygens (including phenoxy) is 2. The lowest BCUT2D eigenvalue weighted by molar-refractivity contribution is -0.141. The fraction of sp³-hybridized carbons (Fsp3) is 0.323. The maximum Gasteiger partial charge on any atom is 0.407 e. The Morgan fingerprint density at radius 3 is 2.05 bits per heavy atom. The number of carboxylic acids is 1. The molecule has 4 rings (SSSR count). The lowest BCUT2D eigenvalue weighted by Gasteiger charge is -2.21. The summed E-state index contributed by atoms with van der Waals surface area (Å²) in [6.07, 6.45) is -0.583. The smallest absolute Gasteiger partial charge is 0.407 e. The first-order valence-electron chi connectivity index (χ1n) is 13.0. The minimum absolute atomic E-state index is 0.0215. The molecule has 0 heterocycles. The number of benzene rings is 3. The number of carbonyl (C=O) groups is 3. The van der Waals surface area contributed by atoms with Gasteiger partial charge < -0.3 is 25.2 Å². The molecule has 39 heavy (non-hydrogen) atoms. The van der Waals surface area contributed by atoms with Crippen molar-refractivity contribution >= 4 is 18.0 Å². The first kappa shape index (κ1) is 27.7. The van der Waals surface area contributed by atoms with Crippen molar-refractivity contribution < 1.29 is 29.0 Å². The first-order chi connectivity index (χ1) is 18.6. The van der Waals surface area contributed by atoms with Gasteiger partial charge in [0.05, 0.1) is 0 Å². The van der Waals surface area contributed by atoms with Crippen LogP contribution < -0.4 is 15.4 Å². The first-order valence-corrected chi connectivity index (χ1v) is 13.0. The maximum atomic E-state index is 12.4. The zero-order valence-electron chi connectivity index (χ0n) is 22.4. The molecule has 0 fully saturated rings. The molecule has 1 aliphatic carbocycles. The molecule has 1 aliphatic rings. The molecular formula is C31H34N2O6. The van der Waals surface area contributed by atoms with Crippen LogP contribution in [0.3, 0.4) is 0 Å². The number of hydrogen-bond acceptors (Lipinski definition) is 5. The summed E-state index contributed by atoms with van der Waals surface area (Å²) in [6.45, 7) is 6.03. The third-order valence-corrected chi connectivity index (χ3v) is 6.39. The normalized spacial score (nSPS) is 13.1. The van der Waals surface area contributed by atoms with E-state index in [1.54, 1.807) is 24.3 Å². The van der Waals surface area contributed by atoms with E-state index < -0.39 is 24.0 Å². The number of nitrogens with one attached hydrogen (secondary N) is 2. The number of alkyl carbamates (subject to hydrolysis) is 1. The number of carbonyl (C=O) groups excluding carboxylic acids is 2. The van der Waals surface area contributed by atoms with Crippen LogP contribution in [0.15, 0.2) is 72.8 Å². The number of hydrogen-bond donors (Lipinski definition) is 3. The summed E-state index contributed by atoms with van der Waals surface area (Å²) < 4.78 is 11.3. The van der Waals surface area contributed by atoms with Gasteiger partial charge in [0.1, 0.15) is 24.0 Å². The van der Waals surface area contributed by atoms with E-state index in [0.29, 0.717) is 5.75 Å². The van der Waals surface area contributed by atoms with Crippen LogP contribution in [-0.2, 0) is 20.7 Å². The van der Waals surface area contributed by atoms with Gasteiger partial charge in [-0.3, -0.25) is 4.79 Å². The Hall–Kier alpha value is -4.33. The summed E-state index contributed by atoms with van der Waals surface area (Å²) in [5.74, 6) is -0.991. The van der Waals surface area contributed by atoms with Gasteiger partial charge in [-0.25, -0.2) is 9.59 Å². The van der Waals surface area contributed by atoms with Gasteiger partial charge in [0, 0.05) is 25.3 Å². The van der Waals surface area contributed by atoms with Crippen LogP contribution in [0.5, 0.6) is 5.75 Å². The van der Waals surface area contributed by atoms with Crippen LogP contribution >= 0.6 is 0 Å². The minimum Gasteiger partial charge on any atom is -0.488 e. The van der Waals surface area contributed by atoms with Crippen molar-refractivity contribution in [2.24, 2.45) is 0 Å². The second kappa shape index (κ2) is 12.0. The number of fused-ring (bicyclic) bond motifs is 3. The molecule has 0 unspecified atom stereocenters. The highest BCUT2D eigenvalue weighted by molar-refractivity contribution is 5.84. The molecular weight excluding hydrogens is 496 g/mol. The van der Waals surface area contributed by atoms with E-state index in [4.69, 9.17) is 9.47 Å². The van der Waals surface area contributed by atoms with Gasteiger partial charge in [0.15, 0.2) is 0 Å². The molecule has 3 aromatic carbocycles. The molecule has 3 N–H and O–H groups in total. The monoisotopic (exact) mass is 530 g/mol. The van der Waals surface area contributed by atoms with Crippen LogP contribution in [0.1, 0.15) is 49.8 Å². The minimum atomic E-state index is -1.14. The Balaban J connectivity index is 1.22. The van der Waals surface area contributed by atoms with Crippen LogP contribution in [0, 0.1) is 0 Å². The molecule has 0 saturated heterocycles. The molecule has 3 aromatic rings. The lowest BCUT2D eigenvalue weighted by Crippen LogP contribution is -2.43. The van der Waals surface area contributed by atoms with Crippen LogP contribution in [0.2, 0.25) is 0 Å². The molecule has 0 spiro atoms. The Morgan fingerprint density at radius 2 is 1.49 bits per heavy atom. The summed E-state index contributed by atoms with van der Waals surface area (Å²) in [4.78, 5) is 36.5. The topological polar surface area (TPSA) is 114 Å². The highest BCUT2D eigenvalue weighted by atomic mass is 16.5. The molecule has 0 radical (unpaired) electrons. The number of aliphatic carboxylic acids is 1. The van der Waals surface area contributed by atoms with Crippen molar-refractivity contribution in [2.45, 2.75) is 51.2 Å². The van der Waals surface area contributed by atoms with Crippen molar-refractivity contribution in [3.8, 4) is 16.9 Å². The van der Waals surface area contributed by atoms with Crippen LogP contribution in [0.4, 0.5) is 4.79 Å². The Morgan fingerprint density at radius 1 is 0.897 bits per heavy atom. The predicted molar refractivity (Wildman–Crippen MR) is 148 cm³/mol. The third-order valence-electron chi connectivity index (χ3n) is 6.39. The second-order valence-electron chi connectivity index (χ2n) is 10.5. The fourth-order valence-electron chi connectivity index (χ4n) is 4.68. The average Bonchev–Trinajstić information content (AvgIpc) is 3.21. The molecule has 8 heteroatoms. The summed E-state index contributed by atoms with van der Waals surface area (Å²) in [6, 6.07) is 22.1. The summed E-state index contributed by atoms with van der Waals surface area (Å²) in [7, 11) is 0. The van der Waals surface area contributed by atoms with Crippen molar-refractivity contribution in [3.05, 3.63) is 89.5 Å². The van der Waals surface area contributed by atoms with Crippen molar-refractivity contribution in [1.82, 2.24) is 10.6 Å². The van der Waals surface area contributed by atoms with Crippen molar-refractivity contribution in [1.29, 1.82) is 0 Å². The average molecular weight is 531 g/mol. The summed E-state index contributed by atoms with van der Waals surface area (Å²) >= 11 is 0. The zero-order chi connectivity index (χ0) is 28.0. The third kappa shape index (κ3) is 7.37. The molecule has 0 bridgehead atoms. The van der Waals surface area contributed by atoms with Gasteiger partial charge in [0.25, 0.3) is 0 Å². The molecule has 204 valence electrons. The van der Waals surface area contributed by atoms with E-state index in [-0.39, 0.29) is 37.5 Å². The van der Waals surface area contributed by atoms with Crippen LogP contribution in [0.25, 0.3) is 11.1 Å². The van der Waals surface area contributed by atoms with E-state index in [0.717, 1.165) is 27.8 Å². The van der Waals surface area contributed by atoms with E-state index >= 15 is 0 Å². The standard InChI is InChI=1S/C31H34N2O6/c1-31(2,3)39-21-14-12-20(13-15-21)18-27(29(35)36)33-28(34)16-17-32-30(37)38-19-26-24-10-6-4-8-22(24)23-9-5-7-11-25(23)26/h4-15,26-27H,16-19H2,1-3H3,(H,32,37)(H,33,34)(H,35,36)/t27-/m0/s1. The molecule has 8 nitrogen and oxygen atoms in total. The van der Waals surface area contributed by atoms with Gasteiger partial charge >= 0.3 is 12.1 Å². The van der Waals surface area contributed by atoms with E-state index in [1.165, 1.54) is 0 Å². The van der Waals surface area contributed by atoms with E-state index in [9.17, 15) is 19.5 Å². The van der Waals surface area contributed by atoms with Crippen molar-refractivity contribution in [2.75, 3.05) is 13.2 Å². The van der Waals surface area contributed by atoms with Gasteiger partial charge in [0.2, 0.25) is 5.91 Å².